The van der Waals surface area contributed by atoms with Gasteiger partial charge in [0.1, 0.15) is 0 Å². The summed E-state index contributed by atoms with van der Waals surface area (Å²) in [5.74, 6) is -0.157. The van der Waals surface area contributed by atoms with Crippen molar-refractivity contribution in [2.75, 3.05) is 25.0 Å². The van der Waals surface area contributed by atoms with Crippen LogP contribution in [0.3, 0.4) is 0 Å². The van der Waals surface area contributed by atoms with Gasteiger partial charge in [-0.05, 0) is 37.1 Å². The minimum atomic E-state index is -0.596. The van der Waals surface area contributed by atoms with Gasteiger partial charge < -0.3 is 21.7 Å². The quantitative estimate of drug-likeness (QED) is 0.564. The Morgan fingerprint density at radius 2 is 1.85 bits per heavy atom. The molecule has 0 aliphatic carbocycles. The molecule has 0 radical (unpaired) electrons. The van der Waals surface area contributed by atoms with Crippen LogP contribution in [0.4, 0.5) is 10.5 Å². The number of nitrogens with one attached hydrogen (secondary N) is 3. The topological polar surface area (TPSA) is 96.2 Å². The maximum Gasteiger partial charge on any atom is 0.312 e. The predicted octanol–water partition coefficient (Wildman–Crippen LogP) is 1.22. The van der Waals surface area contributed by atoms with Gasteiger partial charge in [-0.2, -0.15) is 0 Å². The van der Waals surface area contributed by atoms with Gasteiger partial charge in [-0.3, -0.25) is 4.79 Å². The van der Waals surface area contributed by atoms with Crippen LogP contribution >= 0.6 is 0 Å². The molecule has 0 heterocycles. The Kier molecular flexibility index (Phi) is 6.36. The molecule has 0 saturated heterocycles. The van der Waals surface area contributed by atoms with Gasteiger partial charge in [-0.1, -0.05) is 6.92 Å². The van der Waals surface area contributed by atoms with E-state index in [0.717, 1.165) is 24.2 Å². The van der Waals surface area contributed by atoms with Crippen LogP contribution in [0.25, 0.3) is 0 Å². The summed E-state index contributed by atoms with van der Waals surface area (Å²) in [7, 11) is 0. The highest BCUT2D eigenvalue weighted by Gasteiger charge is 2.08. The van der Waals surface area contributed by atoms with E-state index in [1.54, 1.807) is 6.07 Å². The Morgan fingerprint density at radius 1 is 1.15 bits per heavy atom. The van der Waals surface area contributed by atoms with Gasteiger partial charge in [-0.25, -0.2) is 4.79 Å². The van der Waals surface area contributed by atoms with Crippen LogP contribution in [0.15, 0.2) is 18.2 Å². The fourth-order valence-electron chi connectivity index (χ4n) is 1.75. The Bertz CT molecular complexity index is 474. The molecule has 6 heteroatoms. The zero-order chi connectivity index (χ0) is 15.0. The van der Waals surface area contributed by atoms with E-state index in [2.05, 4.69) is 22.9 Å². The summed E-state index contributed by atoms with van der Waals surface area (Å²) in [5, 5.41) is 8.41. The Labute approximate surface area is 119 Å². The van der Waals surface area contributed by atoms with Crippen LogP contribution in [-0.2, 0) is 0 Å². The van der Waals surface area contributed by atoms with Crippen LogP contribution in [0, 0.1) is 6.92 Å². The molecule has 0 saturated carbocycles. The Morgan fingerprint density at radius 3 is 2.45 bits per heavy atom. The minimum Gasteiger partial charge on any atom is -0.385 e. The SMILES string of the molecule is CCCNc1ccc(C(=O)NCCNC(N)=O)c(C)c1. The summed E-state index contributed by atoms with van der Waals surface area (Å²) in [6, 6.07) is 5.04. The number of amides is 3. The van der Waals surface area contributed by atoms with Crippen LogP contribution in [-0.4, -0.2) is 31.6 Å². The summed E-state index contributed by atoms with van der Waals surface area (Å²) in [4.78, 5) is 22.4. The fraction of sp³-hybridized carbons (Fsp3) is 0.429. The van der Waals surface area contributed by atoms with E-state index in [0.29, 0.717) is 18.7 Å². The number of carbonyl (C=O) groups excluding carboxylic acids is 2. The molecular formula is C14H22N4O2. The first-order valence-electron chi connectivity index (χ1n) is 6.70. The smallest absolute Gasteiger partial charge is 0.312 e. The number of rotatable bonds is 7. The molecule has 5 N–H and O–H groups in total. The molecule has 3 amide bonds. The average Bonchev–Trinajstić information content (AvgIpc) is 2.41. The predicted molar refractivity (Wildman–Crippen MR) is 79.9 cm³/mol. The van der Waals surface area contributed by atoms with Gasteiger partial charge in [0, 0.05) is 30.9 Å². The average molecular weight is 278 g/mol. The van der Waals surface area contributed by atoms with Crippen molar-refractivity contribution in [1.29, 1.82) is 0 Å². The summed E-state index contributed by atoms with van der Waals surface area (Å²) >= 11 is 0. The van der Waals surface area contributed by atoms with Crippen molar-refractivity contribution in [2.24, 2.45) is 5.73 Å². The number of carbonyl (C=O) groups is 2. The summed E-state index contributed by atoms with van der Waals surface area (Å²) in [6.45, 7) is 5.56. The maximum atomic E-state index is 12.0. The number of hydrogen-bond acceptors (Lipinski definition) is 3. The third-order valence-corrected chi connectivity index (χ3v) is 2.76. The van der Waals surface area contributed by atoms with Crippen LogP contribution < -0.4 is 21.7 Å². The highest BCUT2D eigenvalue weighted by molar-refractivity contribution is 5.96. The van der Waals surface area contributed by atoms with Gasteiger partial charge in [0.25, 0.3) is 5.91 Å². The van der Waals surface area contributed by atoms with E-state index in [1.807, 2.05) is 19.1 Å². The normalized spacial score (nSPS) is 9.90. The molecule has 0 unspecified atom stereocenters. The number of primary amides is 1. The van der Waals surface area contributed by atoms with Crippen molar-refractivity contribution in [1.82, 2.24) is 10.6 Å². The van der Waals surface area contributed by atoms with Crippen molar-refractivity contribution in [3.05, 3.63) is 29.3 Å². The van der Waals surface area contributed by atoms with Crippen LogP contribution in [0.1, 0.15) is 29.3 Å². The summed E-state index contributed by atoms with van der Waals surface area (Å²) < 4.78 is 0. The van der Waals surface area contributed by atoms with Crippen molar-refractivity contribution in [3.63, 3.8) is 0 Å². The third-order valence-electron chi connectivity index (χ3n) is 2.76. The van der Waals surface area contributed by atoms with Gasteiger partial charge in [0.2, 0.25) is 0 Å². The van der Waals surface area contributed by atoms with E-state index in [9.17, 15) is 9.59 Å². The minimum absolute atomic E-state index is 0.157. The van der Waals surface area contributed by atoms with E-state index in [-0.39, 0.29) is 5.91 Å². The molecular weight excluding hydrogens is 256 g/mol. The molecule has 1 aromatic carbocycles. The van der Waals surface area contributed by atoms with E-state index in [4.69, 9.17) is 5.73 Å². The molecule has 0 atom stereocenters. The number of benzene rings is 1. The van der Waals surface area contributed by atoms with E-state index >= 15 is 0 Å². The Balaban J connectivity index is 2.53. The number of anilines is 1. The van der Waals surface area contributed by atoms with E-state index < -0.39 is 6.03 Å². The lowest BCUT2D eigenvalue weighted by atomic mass is 10.1. The van der Waals surface area contributed by atoms with Crippen molar-refractivity contribution in [3.8, 4) is 0 Å². The second-order valence-corrected chi connectivity index (χ2v) is 4.50. The molecule has 0 aromatic heterocycles. The van der Waals surface area contributed by atoms with Crippen LogP contribution in [0.2, 0.25) is 0 Å². The molecule has 20 heavy (non-hydrogen) atoms. The molecule has 1 aromatic rings. The molecule has 1 rings (SSSR count). The van der Waals surface area contributed by atoms with Gasteiger partial charge >= 0.3 is 6.03 Å². The summed E-state index contributed by atoms with van der Waals surface area (Å²) in [5.41, 5.74) is 7.48. The highest BCUT2D eigenvalue weighted by Crippen LogP contribution is 2.15. The zero-order valence-corrected chi connectivity index (χ0v) is 12.0. The molecule has 6 nitrogen and oxygen atoms in total. The lowest BCUT2D eigenvalue weighted by Gasteiger charge is -2.10. The molecule has 0 aliphatic rings. The second-order valence-electron chi connectivity index (χ2n) is 4.50. The number of nitrogens with two attached hydrogens (primary N) is 1. The third kappa shape index (κ3) is 5.17. The second kappa shape index (κ2) is 8.04. The molecule has 110 valence electrons. The fourth-order valence-corrected chi connectivity index (χ4v) is 1.75. The largest absolute Gasteiger partial charge is 0.385 e. The first kappa shape index (κ1) is 15.8. The number of urea groups is 1. The molecule has 0 aliphatic heterocycles. The zero-order valence-electron chi connectivity index (χ0n) is 12.0. The van der Waals surface area contributed by atoms with Gasteiger partial charge in [0.05, 0.1) is 0 Å². The maximum absolute atomic E-state index is 12.0. The highest BCUT2D eigenvalue weighted by atomic mass is 16.2. The first-order chi connectivity index (χ1) is 9.54. The number of hydrogen-bond donors (Lipinski definition) is 4. The molecule has 0 fully saturated rings. The lowest BCUT2D eigenvalue weighted by molar-refractivity contribution is 0.0953. The monoisotopic (exact) mass is 278 g/mol. The van der Waals surface area contributed by atoms with Crippen molar-refractivity contribution >= 4 is 17.6 Å². The standard InChI is InChI=1S/C14H22N4O2/c1-3-6-16-11-4-5-12(10(2)9-11)13(19)17-7-8-18-14(15)20/h4-5,9,16H,3,6-8H2,1-2H3,(H,17,19)(H3,15,18,20). The van der Waals surface area contributed by atoms with Gasteiger partial charge in [0.15, 0.2) is 0 Å². The summed E-state index contributed by atoms with van der Waals surface area (Å²) in [6.07, 6.45) is 1.05. The lowest BCUT2D eigenvalue weighted by Crippen LogP contribution is -2.37. The molecule has 0 bridgehead atoms. The van der Waals surface area contributed by atoms with Crippen LogP contribution in [0.5, 0.6) is 0 Å². The van der Waals surface area contributed by atoms with Gasteiger partial charge in [-0.15, -0.1) is 0 Å². The molecule has 0 spiro atoms. The van der Waals surface area contributed by atoms with E-state index in [1.165, 1.54) is 0 Å². The first-order valence-corrected chi connectivity index (χ1v) is 6.70. The Hall–Kier alpha value is -2.24. The van der Waals surface area contributed by atoms with Crippen molar-refractivity contribution < 1.29 is 9.59 Å². The number of aryl methyl sites for hydroxylation is 1. The van der Waals surface area contributed by atoms with Crippen molar-refractivity contribution in [2.45, 2.75) is 20.3 Å².